The number of pyridine rings is 1. The van der Waals surface area contributed by atoms with Gasteiger partial charge in [-0.1, -0.05) is 12.1 Å². The van der Waals surface area contributed by atoms with Gasteiger partial charge in [0.1, 0.15) is 23.6 Å². The Balaban J connectivity index is 2.45. The van der Waals surface area contributed by atoms with E-state index in [1.807, 2.05) is 24.3 Å². The van der Waals surface area contributed by atoms with Crippen molar-refractivity contribution in [2.24, 2.45) is 7.05 Å². The second-order valence-electron chi connectivity index (χ2n) is 5.72. The summed E-state index contributed by atoms with van der Waals surface area (Å²) >= 11 is 0. The molecule has 5 heteroatoms. The van der Waals surface area contributed by atoms with E-state index >= 15 is 0 Å². The summed E-state index contributed by atoms with van der Waals surface area (Å²) in [6, 6.07) is 7.35. The molecule has 0 saturated heterocycles. The van der Waals surface area contributed by atoms with Crippen molar-refractivity contribution in [3.05, 3.63) is 40.2 Å². The predicted octanol–water partition coefficient (Wildman–Crippen LogP) is 1.10. The van der Waals surface area contributed by atoms with Crippen LogP contribution in [0.25, 0.3) is 10.9 Å². The zero-order chi connectivity index (χ0) is 14.7. The Labute approximate surface area is 116 Å². The van der Waals surface area contributed by atoms with Gasteiger partial charge in [0.15, 0.2) is 0 Å². The van der Waals surface area contributed by atoms with Gasteiger partial charge in [-0.2, -0.15) is 0 Å². The monoisotopic (exact) mass is 275 g/mol. The molecular weight excluding hydrogens is 258 g/mol. The first-order valence-corrected chi connectivity index (χ1v) is 6.51. The molecule has 3 rings (SSSR count). The number of para-hydroxylation sites is 1. The summed E-state index contributed by atoms with van der Waals surface area (Å²) in [5, 5.41) is 21.2. The number of fused-ring (bicyclic) bond motifs is 3. The molecule has 5 nitrogen and oxygen atoms in total. The molecule has 0 unspecified atom stereocenters. The number of benzene rings is 1. The van der Waals surface area contributed by atoms with Crippen LogP contribution in [0.5, 0.6) is 5.75 Å². The fraction of sp³-hybridized carbons (Fsp3) is 0.400. The number of aliphatic hydroxyl groups is 2. The van der Waals surface area contributed by atoms with Crippen LogP contribution in [0.1, 0.15) is 25.5 Å². The van der Waals surface area contributed by atoms with Crippen molar-refractivity contribution in [1.29, 1.82) is 0 Å². The molecule has 2 aromatic rings. The van der Waals surface area contributed by atoms with Crippen LogP contribution in [-0.4, -0.2) is 26.5 Å². The van der Waals surface area contributed by atoms with Gasteiger partial charge >= 0.3 is 0 Å². The normalized spacial score (nSPS) is 24.2. The molecule has 1 aromatic heterocycles. The molecule has 106 valence electrons. The molecule has 2 heterocycles. The maximum Gasteiger partial charge on any atom is 0.260 e. The van der Waals surface area contributed by atoms with E-state index in [-0.39, 0.29) is 11.1 Å². The molecule has 0 bridgehead atoms. The summed E-state index contributed by atoms with van der Waals surface area (Å²) in [5.41, 5.74) is -0.448. The highest BCUT2D eigenvalue weighted by molar-refractivity contribution is 5.87. The molecule has 2 N–H and O–H groups in total. The lowest BCUT2D eigenvalue weighted by Crippen LogP contribution is -2.50. The second kappa shape index (κ2) is 4.07. The number of nitrogens with zero attached hydrogens (tertiary/aromatic N) is 1. The molecule has 0 spiro atoms. The lowest BCUT2D eigenvalue weighted by molar-refractivity contribution is -0.111. The summed E-state index contributed by atoms with van der Waals surface area (Å²) in [4.78, 5) is 12.4. The van der Waals surface area contributed by atoms with E-state index < -0.39 is 17.8 Å². The molecule has 1 aromatic carbocycles. The Morgan fingerprint density at radius 3 is 2.60 bits per heavy atom. The van der Waals surface area contributed by atoms with Crippen molar-refractivity contribution in [2.45, 2.75) is 31.7 Å². The Bertz CT molecular complexity index is 747. The first kappa shape index (κ1) is 13.1. The standard InChI is InChI=1S/C15H17NO4/c1-15(2)13(18)11(17)10-12(20-15)8-6-4-5-7-9(8)16(3)14(10)19/h4-7,11,13,17-18H,1-3H3/t11-,13+/m1/s1. The first-order valence-electron chi connectivity index (χ1n) is 6.51. The van der Waals surface area contributed by atoms with Crippen molar-refractivity contribution >= 4 is 10.9 Å². The number of hydrogen-bond acceptors (Lipinski definition) is 4. The third-order valence-electron chi connectivity index (χ3n) is 3.96. The van der Waals surface area contributed by atoms with Gasteiger partial charge in [-0.3, -0.25) is 4.79 Å². The van der Waals surface area contributed by atoms with Crippen LogP contribution in [-0.2, 0) is 7.05 Å². The fourth-order valence-corrected chi connectivity index (χ4v) is 2.72. The van der Waals surface area contributed by atoms with E-state index in [0.717, 1.165) is 10.9 Å². The van der Waals surface area contributed by atoms with Gasteiger partial charge in [0, 0.05) is 12.4 Å². The second-order valence-corrected chi connectivity index (χ2v) is 5.72. The Morgan fingerprint density at radius 2 is 1.90 bits per heavy atom. The van der Waals surface area contributed by atoms with E-state index in [1.165, 1.54) is 4.57 Å². The van der Waals surface area contributed by atoms with Crippen LogP contribution >= 0.6 is 0 Å². The summed E-state index contributed by atoms with van der Waals surface area (Å²) in [5.74, 6) is 0.367. The van der Waals surface area contributed by atoms with Crippen molar-refractivity contribution in [3.63, 3.8) is 0 Å². The van der Waals surface area contributed by atoms with Gasteiger partial charge in [0.2, 0.25) is 0 Å². The fourth-order valence-electron chi connectivity index (χ4n) is 2.72. The lowest BCUT2D eigenvalue weighted by atomic mass is 9.88. The zero-order valence-corrected chi connectivity index (χ0v) is 11.6. The highest BCUT2D eigenvalue weighted by Gasteiger charge is 2.44. The topological polar surface area (TPSA) is 71.7 Å². The highest BCUT2D eigenvalue weighted by Crippen LogP contribution is 2.41. The third kappa shape index (κ3) is 1.60. The predicted molar refractivity (Wildman–Crippen MR) is 74.9 cm³/mol. The number of aromatic nitrogens is 1. The molecule has 0 saturated carbocycles. The van der Waals surface area contributed by atoms with Crippen LogP contribution in [0, 0.1) is 0 Å². The number of aryl methyl sites for hydroxylation is 1. The van der Waals surface area contributed by atoms with Crippen LogP contribution in [0.4, 0.5) is 0 Å². The van der Waals surface area contributed by atoms with E-state index in [9.17, 15) is 15.0 Å². The molecule has 0 fully saturated rings. The SMILES string of the molecule is Cn1c(=O)c2c(c3ccccc31)OC(C)(C)[C@@H](O)[C@@H]2O. The molecule has 1 aliphatic rings. The van der Waals surface area contributed by atoms with Gasteiger partial charge in [-0.05, 0) is 26.0 Å². The number of rotatable bonds is 0. The number of ether oxygens (including phenoxy) is 1. The molecular formula is C15H17NO4. The quantitative estimate of drug-likeness (QED) is 0.755. The zero-order valence-electron chi connectivity index (χ0n) is 11.6. The third-order valence-corrected chi connectivity index (χ3v) is 3.96. The number of hydrogen-bond donors (Lipinski definition) is 2. The summed E-state index contributed by atoms with van der Waals surface area (Å²) in [6.45, 7) is 3.38. The smallest absolute Gasteiger partial charge is 0.260 e. The van der Waals surface area contributed by atoms with Crippen LogP contribution in [0.15, 0.2) is 29.1 Å². The average Bonchev–Trinajstić information content (AvgIpc) is 2.42. The van der Waals surface area contributed by atoms with Crippen molar-refractivity contribution in [3.8, 4) is 5.75 Å². The van der Waals surface area contributed by atoms with E-state index in [4.69, 9.17) is 4.74 Å². The lowest BCUT2D eigenvalue weighted by Gasteiger charge is -2.40. The van der Waals surface area contributed by atoms with Gasteiger partial charge in [0.25, 0.3) is 5.56 Å². The van der Waals surface area contributed by atoms with Crippen molar-refractivity contribution in [1.82, 2.24) is 4.57 Å². The molecule has 1 aliphatic heterocycles. The first-order chi connectivity index (χ1) is 9.34. The maximum atomic E-state index is 12.4. The molecule has 20 heavy (non-hydrogen) atoms. The summed E-state index contributed by atoms with van der Waals surface area (Å²) < 4.78 is 7.29. The number of aliphatic hydroxyl groups excluding tert-OH is 2. The highest BCUT2D eigenvalue weighted by atomic mass is 16.5. The van der Waals surface area contributed by atoms with Gasteiger partial charge in [-0.15, -0.1) is 0 Å². The van der Waals surface area contributed by atoms with E-state index in [2.05, 4.69) is 0 Å². The summed E-state index contributed by atoms with van der Waals surface area (Å²) in [7, 11) is 1.64. The molecule has 2 atom stereocenters. The molecule has 0 aliphatic carbocycles. The van der Waals surface area contributed by atoms with Crippen molar-refractivity contribution in [2.75, 3.05) is 0 Å². The van der Waals surface area contributed by atoms with E-state index in [1.54, 1.807) is 20.9 Å². The summed E-state index contributed by atoms with van der Waals surface area (Å²) in [6.07, 6.45) is -2.40. The average molecular weight is 275 g/mol. The minimum Gasteiger partial charge on any atom is -0.484 e. The van der Waals surface area contributed by atoms with Gasteiger partial charge < -0.3 is 19.5 Å². The van der Waals surface area contributed by atoms with E-state index in [0.29, 0.717) is 5.75 Å². The Morgan fingerprint density at radius 1 is 1.25 bits per heavy atom. The van der Waals surface area contributed by atoms with Gasteiger partial charge in [0.05, 0.1) is 11.1 Å². The van der Waals surface area contributed by atoms with Crippen LogP contribution in [0.2, 0.25) is 0 Å². The molecule has 0 radical (unpaired) electrons. The molecule has 0 amide bonds. The maximum absolute atomic E-state index is 12.4. The Hall–Kier alpha value is -1.85. The largest absolute Gasteiger partial charge is 0.484 e. The van der Waals surface area contributed by atoms with Crippen molar-refractivity contribution < 1.29 is 14.9 Å². The van der Waals surface area contributed by atoms with Crippen LogP contribution < -0.4 is 10.3 Å². The minimum atomic E-state index is -1.25. The van der Waals surface area contributed by atoms with Crippen LogP contribution in [0.3, 0.4) is 0 Å². The minimum absolute atomic E-state index is 0.123. The van der Waals surface area contributed by atoms with Gasteiger partial charge in [-0.25, -0.2) is 0 Å². The Kier molecular flexibility index (Phi) is 2.68.